The number of nitrogens with zero attached hydrogens (tertiary/aromatic N) is 2. The number of carbonyl (C=O) groups excluding carboxylic acids is 2. The van der Waals surface area contributed by atoms with Crippen LogP contribution in [0.2, 0.25) is 0 Å². The van der Waals surface area contributed by atoms with E-state index in [0.717, 1.165) is 24.4 Å². The van der Waals surface area contributed by atoms with E-state index in [2.05, 4.69) is 20.4 Å². The van der Waals surface area contributed by atoms with Crippen molar-refractivity contribution in [3.05, 3.63) is 90.0 Å². The Morgan fingerprint density at radius 3 is 2.09 bits per heavy atom. The molecule has 0 unspecified atom stereocenters. The van der Waals surface area contributed by atoms with Gasteiger partial charge in [-0.2, -0.15) is 0 Å². The van der Waals surface area contributed by atoms with Gasteiger partial charge in [-0.3, -0.25) is 14.5 Å². The second-order valence-corrected chi connectivity index (χ2v) is 8.28. The normalized spacial score (nSPS) is 10.9. The Morgan fingerprint density at radius 1 is 0.824 bits per heavy atom. The van der Waals surface area contributed by atoms with Crippen LogP contribution in [0, 0.1) is 0 Å². The van der Waals surface area contributed by atoms with Crippen LogP contribution in [0.1, 0.15) is 15.9 Å². The molecule has 3 aromatic carbocycles. The van der Waals surface area contributed by atoms with Crippen molar-refractivity contribution in [1.82, 2.24) is 15.1 Å². The van der Waals surface area contributed by atoms with Gasteiger partial charge in [0.1, 0.15) is 11.5 Å². The Balaban J connectivity index is 1.58. The summed E-state index contributed by atoms with van der Waals surface area (Å²) in [6.07, 6.45) is 0. The van der Waals surface area contributed by atoms with Gasteiger partial charge < -0.3 is 20.3 Å². The number of nitrogens with one attached hydrogen (secondary N) is 2. The van der Waals surface area contributed by atoms with Crippen LogP contribution in [0.15, 0.2) is 78.9 Å². The Kier molecular flexibility index (Phi) is 9.20. The number of likely N-dealkylation sites (N-methyl/N-ethyl adjacent to an activating group) is 1. The van der Waals surface area contributed by atoms with E-state index in [0.29, 0.717) is 23.5 Å². The van der Waals surface area contributed by atoms with E-state index in [1.807, 2.05) is 80.8 Å². The fraction of sp³-hybridized carbons (Fsp3) is 0.259. The summed E-state index contributed by atoms with van der Waals surface area (Å²) in [4.78, 5) is 28.7. The molecule has 178 valence electrons. The zero-order valence-corrected chi connectivity index (χ0v) is 20.0. The van der Waals surface area contributed by atoms with E-state index in [9.17, 15) is 9.59 Å². The predicted octanol–water partition coefficient (Wildman–Crippen LogP) is 3.84. The maximum Gasteiger partial charge on any atom is 0.251 e. The van der Waals surface area contributed by atoms with E-state index in [4.69, 9.17) is 4.74 Å². The van der Waals surface area contributed by atoms with Crippen LogP contribution in [-0.2, 0) is 11.3 Å². The van der Waals surface area contributed by atoms with Crippen LogP contribution < -0.4 is 15.4 Å². The number of carbonyl (C=O) groups is 2. The first kappa shape index (κ1) is 25.0. The average molecular weight is 461 g/mol. The molecule has 0 saturated carbocycles. The lowest BCUT2D eigenvalue weighted by molar-refractivity contribution is -0.117. The van der Waals surface area contributed by atoms with Crippen molar-refractivity contribution in [2.75, 3.05) is 46.1 Å². The topological polar surface area (TPSA) is 73.9 Å². The lowest BCUT2D eigenvalue weighted by atomic mass is 10.1. The van der Waals surface area contributed by atoms with Crippen LogP contribution in [0.5, 0.6) is 11.5 Å². The lowest BCUT2D eigenvalue weighted by Gasteiger charge is -2.24. The highest BCUT2D eigenvalue weighted by molar-refractivity contribution is 5.94. The number of amides is 2. The van der Waals surface area contributed by atoms with Gasteiger partial charge in [-0.05, 0) is 68.2 Å². The van der Waals surface area contributed by atoms with Gasteiger partial charge in [-0.25, -0.2) is 0 Å². The van der Waals surface area contributed by atoms with Crippen LogP contribution in [-0.4, -0.2) is 62.4 Å². The van der Waals surface area contributed by atoms with Crippen LogP contribution in [0.4, 0.5) is 5.69 Å². The van der Waals surface area contributed by atoms with Gasteiger partial charge >= 0.3 is 0 Å². The first-order valence-electron chi connectivity index (χ1n) is 11.2. The zero-order valence-electron chi connectivity index (χ0n) is 20.0. The van der Waals surface area contributed by atoms with Gasteiger partial charge in [0.2, 0.25) is 5.91 Å². The van der Waals surface area contributed by atoms with E-state index >= 15 is 0 Å². The van der Waals surface area contributed by atoms with Crippen molar-refractivity contribution in [3.8, 4) is 11.5 Å². The minimum atomic E-state index is -0.115. The SMILES string of the molecule is CNC(=O)c1ccc(CN(CCN(C)C)CC(=O)Nc2ccc(Oc3ccccc3)cc2)cc1. The van der Waals surface area contributed by atoms with Gasteiger partial charge in [0.05, 0.1) is 6.54 Å². The third-order valence-corrected chi connectivity index (χ3v) is 5.20. The Hall–Kier alpha value is -3.68. The highest BCUT2D eigenvalue weighted by Crippen LogP contribution is 2.22. The third-order valence-electron chi connectivity index (χ3n) is 5.20. The summed E-state index contributed by atoms with van der Waals surface area (Å²) in [5.74, 6) is 1.27. The summed E-state index contributed by atoms with van der Waals surface area (Å²) >= 11 is 0. The molecule has 0 fully saturated rings. The molecule has 0 aromatic heterocycles. The summed E-state index contributed by atoms with van der Waals surface area (Å²) in [6.45, 7) is 2.43. The average Bonchev–Trinajstić information content (AvgIpc) is 2.84. The van der Waals surface area contributed by atoms with Crippen molar-refractivity contribution in [2.24, 2.45) is 0 Å². The molecule has 0 aliphatic carbocycles. The molecule has 3 rings (SSSR count). The second kappa shape index (κ2) is 12.5. The lowest BCUT2D eigenvalue weighted by Crippen LogP contribution is -2.37. The highest BCUT2D eigenvalue weighted by atomic mass is 16.5. The highest BCUT2D eigenvalue weighted by Gasteiger charge is 2.13. The smallest absolute Gasteiger partial charge is 0.251 e. The molecular weight excluding hydrogens is 428 g/mol. The standard InChI is InChI=1S/C27H32N4O3/c1-28-27(33)22-11-9-21(10-12-22)19-31(18-17-30(2)3)20-26(32)29-23-13-15-25(16-14-23)34-24-7-5-4-6-8-24/h4-16H,17-20H2,1-3H3,(H,28,33)(H,29,32). The molecular formula is C27H32N4O3. The van der Waals surface area contributed by atoms with Gasteiger partial charge in [0, 0.05) is 37.9 Å². The second-order valence-electron chi connectivity index (χ2n) is 8.28. The molecule has 7 heteroatoms. The van der Waals surface area contributed by atoms with Gasteiger partial charge in [0.25, 0.3) is 5.91 Å². The number of hydrogen-bond acceptors (Lipinski definition) is 5. The van der Waals surface area contributed by atoms with Crippen molar-refractivity contribution in [3.63, 3.8) is 0 Å². The Morgan fingerprint density at radius 2 is 1.47 bits per heavy atom. The first-order chi connectivity index (χ1) is 16.4. The van der Waals surface area contributed by atoms with E-state index < -0.39 is 0 Å². The fourth-order valence-corrected chi connectivity index (χ4v) is 3.35. The van der Waals surface area contributed by atoms with Crippen molar-refractivity contribution >= 4 is 17.5 Å². The molecule has 2 N–H and O–H groups in total. The fourth-order valence-electron chi connectivity index (χ4n) is 3.35. The summed E-state index contributed by atoms with van der Waals surface area (Å²) in [5, 5.41) is 5.59. The number of ether oxygens (including phenoxy) is 1. The maximum absolute atomic E-state index is 12.8. The monoisotopic (exact) mass is 460 g/mol. The van der Waals surface area contributed by atoms with Gasteiger partial charge in [-0.15, -0.1) is 0 Å². The van der Waals surface area contributed by atoms with Crippen LogP contribution in [0.3, 0.4) is 0 Å². The summed E-state index contributed by atoms with van der Waals surface area (Å²) in [5.41, 5.74) is 2.37. The number of rotatable bonds is 11. The molecule has 0 atom stereocenters. The van der Waals surface area contributed by atoms with Crippen molar-refractivity contribution in [1.29, 1.82) is 0 Å². The third kappa shape index (κ3) is 8.03. The van der Waals surface area contributed by atoms with Crippen LogP contribution in [0.25, 0.3) is 0 Å². The minimum Gasteiger partial charge on any atom is -0.457 e. The quantitative estimate of drug-likeness (QED) is 0.455. The Bertz CT molecular complexity index is 1050. The van der Waals surface area contributed by atoms with E-state index in [-0.39, 0.29) is 18.4 Å². The van der Waals surface area contributed by atoms with Crippen LogP contribution >= 0.6 is 0 Å². The molecule has 0 aliphatic rings. The molecule has 0 radical (unpaired) electrons. The molecule has 0 heterocycles. The molecule has 3 aromatic rings. The zero-order chi connectivity index (χ0) is 24.3. The molecule has 7 nitrogen and oxygen atoms in total. The molecule has 34 heavy (non-hydrogen) atoms. The summed E-state index contributed by atoms with van der Waals surface area (Å²) < 4.78 is 5.80. The van der Waals surface area contributed by atoms with Gasteiger partial charge in [-0.1, -0.05) is 30.3 Å². The van der Waals surface area contributed by atoms with Crippen molar-refractivity contribution < 1.29 is 14.3 Å². The summed E-state index contributed by atoms with van der Waals surface area (Å²) in [7, 11) is 5.63. The number of hydrogen-bond donors (Lipinski definition) is 2. The number of benzene rings is 3. The first-order valence-corrected chi connectivity index (χ1v) is 11.2. The minimum absolute atomic E-state index is 0.0857. The molecule has 0 saturated heterocycles. The van der Waals surface area contributed by atoms with E-state index in [1.165, 1.54) is 0 Å². The number of anilines is 1. The Labute approximate surface area is 201 Å². The van der Waals surface area contributed by atoms with E-state index in [1.54, 1.807) is 19.2 Å². The predicted molar refractivity (Wildman–Crippen MR) is 135 cm³/mol. The summed E-state index contributed by atoms with van der Waals surface area (Å²) in [6, 6.07) is 24.4. The molecule has 0 bridgehead atoms. The number of para-hydroxylation sites is 1. The maximum atomic E-state index is 12.8. The van der Waals surface area contributed by atoms with Crippen molar-refractivity contribution in [2.45, 2.75) is 6.54 Å². The molecule has 0 spiro atoms. The van der Waals surface area contributed by atoms with Gasteiger partial charge in [0.15, 0.2) is 0 Å². The molecule has 2 amide bonds. The largest absolute Gasteiger partial charge is 0.457 e. The molecule has 0 aliphatic heterocycles.